The first-order valence-corrected chi connectivity index (χ1v) is 8.59. The molecule has 0 unspecified atom stereocenters. The zero-order valence-electron chi connectivity index (χ0n) is 11.4. The topological polar surface area (TPSA) is 47.6 Å². The Balaban J connectivity index is 2.43. The summed E-state index contributed by atoms with van der Waals surface area (Å²) in [6.07, 6.45) is 0. The number of alkyl halides is 4. The van der Waals surface area contributed by atoms with Crippen LogP contribution in [0.3, 0.4) is 0 Å². The maximum Gasteiger partial charge on any atom is 0.192 e. The Labute approximate surface area is 158 Å². The fourth-order valence-corrected chi connectivity index (χ4v) is 5.36. The normalized spacial score (nSPS) is 11.6. The van der Waals surface area contributed by atoms with Crippen LogP contribution in [0.2, 0.25) is 0 Å². The van der Waals surface area contributed by atoms with Gasteiger partial charge in [-0.15, -0.1) is 0 Å². The van der Waals surface area contributed by atoms with Gasteiger partial charge in [0.05, 0.1) is 23.3 Å². The number of hydrogen-bond donors (Lipinski definition) is 0. The van der Waals surface area contributed by atoms with Crippen LogP contribution in [0.4, 0.5) is 0 Å². The van der Waals surface area contributed by atoms with Gasteiger partial charge >= 0.3 is 0 Å². The summed E-state index contributed by atoms with van der Waals surface area (Å²) >= 11 is 26.4. The lowest BCUT2D eigenvalue weighted by Crippen LogP contribution is -2.17. The van der Waals surface area contributed by atoms with Crippen LogP contribution in [0.1, 0.15) is 22.3 Å². The largest absolute Gasteiger partial charge is 0.192 e. The predicted molar refractivity (Wildman–Crippen MR) is 96.7 cm³/mol. The first kappa shape index (κ1) is 18.3. The van der Waals surface area contributed by atoms with Gasteiger partial charge in [-0.2, -0.15) is 10.5 Å². The van der Waals surface area contributed by atoms with Crippen molar-refractivity contribution in [3.05, 3.63) is 70.8 Å². The lowest BCUT2D eigenvalue weighted by Gasteiger charge is -2.29. The minimum absolute atomic E-state index is 0.322. The number of benzene rings is 2. The van der Waals surface area contributed by atoms with E-state index in [4.69, 9.17) is 46.4 Å². The van der Waals surface area contributed by atoms with Crippen molar-refractivity contribution in [2.75, 3.05) is 0 Å². The number of nitrogens with zero attached hydrogens (tertiary/aromatic N) is 2. The lowest BCUT2D eigenvalue weighted by molar-refractivity contribution is 1.17. The van der Waals surface area contributed by atoms with Gasteiger partial charge in [-0.05, 0) is 12.1 Å². The minimum Gasteiger partial charge on any atom is -0.192 e. The molecule has 7 heteroatoms. The zero-order chi connectivity index (χ0) is 17.1. The highest BCUT2D eigenvalue weighted by molar-refractivity contribution is 8.05. The summed E-state index contributed by atoms with van der Waals surface area (Å²) in [6.45, 7) is 0. The van der Waals surface area contributed by atoms with Gasteiger partial charge in [0, 0.05) is 11.1 Å². The van der Waals surface area contributed by atoms with E-state index < -0.39 is 7.33 Å². The number of nitriles is 2. The summed E-state index contributed by atoms with van der Waals surface area (Å²) < 4.78 is -3.14. The number of hydrogen-bond acceptors (Lipinski definition) is 3. The molecule has 0 fully saturated rings. The number of rotatable bonds is 4. The van der Waals surface area contributed by atoms with Crippen LogP contribution in [0.25, 0.3) is 0 Å². The smallest absolute Gasteiger partial charge is 0.192 e. The van der Waals surface area contributed by atoms with E-state index in [-0.39, 0.29) is 0 Å². The van der Waals surface area contributed by atoms with Gasteiger partial charge in [0.25, 0.3) is 0 Å². The SMILES string of the molecule is N#Cc1ccccc1C(Cl)(Cl)SC(Cl)(Cl)c1ccccc1C#N. The van der Waals surface area contributed by atoms with Crippen molar-refractivity contribution in [2.45, 2.75) is 7.33 Å². The number of halogens is 4. The first-order chi connectivity index (χ1) is 10.8. The summed E-state index contributed by atoms with van der Waals surface area (Å²) in [5, 5.41) is 18.4. The van der Waals surface area contributed by atoms with Crippen molar-refractivity contribution in [1.29, 1.82) is 10.5 Å². The van der Waals surface area contributed by atoms with Crippen molar-refractivity contribution < 1.29 is 0 Å². The summed E-state index contributed by atoms with van der Waals surface area (Å²) in [5.41, 5.74) is 1.41. The summed E-state index contributed by atoms with van der Waals surface area (Å²) in [5.74, 6) is 0. The molecule has 2 nitrogen and oxygen atoms in total. The van der Waals surface area contributed by atoms with Crippen molar-refractivity contribution >= 4 is 58.2 Å². The molecule has 0 saturated heterocycles. The third kappa shape index (κ3) is 4.07. The van der Waals surface area contributed by atoms with E-state index in [0.717, 1.165) is 11.8 Å². The van der Waals surface area contributed by atoms with Gasteiger partial charge in [-0.3, -0.25) is 0 Å². The molecule has 0 aliphatic heterocycles. The Kier molecular flexibility index (Phi) is 5.74. The van der Waals surface area contributed by atoms with E-state index in [1.165, 1.54) is 0 Å². The van der Waals surface area contributed by atoms with Crippen LogP contribution in [0.5, 0.6) is 0 Å². The molecule has 0 saturated carbocycles. The van der Waals surface area contributed by atoms with Crippen molar-refractivity contribution in [3.8, 4) is 12.1 Å². The highest BCUT2D eigenvalue weighted by Gasteiger charge is 2.42. The molecule has 0 aliphatic rings. The van der Waals surface area contributed by atoms with Gasteiger partial charge in [0.15, 0.2) is 7.33 Å². The Morgan fingerprint density at radius 2 is 1.04 bits per heavy atom. The fourth-order valence-electron chi connectivity index (χ4n) is 1.94. The summed E-state index contributed by atoms with van der Waals surface area (Å²) in [7, 11) is 0. The van der Waals surface area contributed by atoms with Crippen molar-refractivity contribution in [1.82, 2.24) is 0 Å². The Bertz CT molecular complexity index is 739. The van der Waals surface area contributed by atoms with Gasteiger partial charge < -0.3 is 0 Å². The van der Waals surface area contributed by atoms with Gasteiger partial charge in [0.2, 0.25) is 0 Å². The fraction of sp³-hybridized carbons (Fsp3) is 0.125. The zero-order valence-corrected chi connectivity index (χ0v) is 15.3. The first-order valence-electron chi connectivity index (χ1n) is 6.27. The van der Waals surface area contributed by atoms with Gasteiger partial charge in [0.1, 0.15) is 0 Å². The molecule has 0 heterocycles. The van der Waals surface area contributed by atoms with Crippen LogP contribution >= 0.6 is 58.2 Å². The molecule has 0 aliphatic carbocycles. The molecular formula is C16H8Cl4N2S. The van der Waals surface area contributed by atoms with E-state index in [9.17, 15) is 10.5 Å². The van der Waals surface area contributed by atoms with Crippen LogP contribution in [0, 0.1) is 22.7 Å². The second-order valence-electron chi connectivity index (χ2n) is 4.45. The molecule has 2 rings (SSSR count). The maximum absolute atomic E-state index is 9.19. The molecule has 2 aromatic carbocycles. The maximum atomic E-state index is 9.19. The predicted octanol–water partition coefficient (Wildman–Crippen LogP) is 6.04. The van der Waals surface area contributed by atoms with Crippen molar-refractivity contribution in [2.24, 2.45) is 0 Å². The molecule has 0 aromatic heterocycles. The third-order valence-electron chi connectivity index (χ3n) is 2.98. The van der Waals surface area contributed by atoms with E-state index in [1.807, 2.05) is 12.1 Å². The van der Waals surface area contributed by atoms with E-state index in [2.05, 4.69) is 0 Å². The molecule has 2 aromatic rings. The standard InChI is InChI=1S/C16H8Cl4N2S/c17-15(18,13-7-3-1-5-11(13)9-21)23-16(19,20)14-8-4-2-6-12(14)10-22/h1-8H. The average Bonchev–Trinajstić information content (AvgIpc) is 2.53. The average molecular weight is 402 g/mol. The van der Waals surface area contributed by atoms with E-state index in [1.54, 1.807) is 48.5 Å². The van der Waals surface area contributed by atoms with Crippen molar-refractivity contribution in [3.63, 3.8) is 0 Å². The number of thioether (sulfide) groups is 1. The minimum atomic E-state index is -1.57. The van der Waals surface area contributed by atoms with Crippen LogP contribution in [-0.4, -0.2) is 0 Å². The Morgan fingerprint density at radius 1 is 0.696 bits per heavy atom. The Hall–Kier alpha value is -1.07. The van der Waals surface area contributed by atoms with Gasteiger partial charge in [-0.1, -0.05) is 94.6 Å². The third-order valence-corrected chi connectivity index (χ3v) is 5.67. The highest BCUT2D eigenvalue weighted by atomic mass is 35.5. The lowest BCUT2D eigenvalue weighted by atomic mass is 10.1. The molecule has 0 bridgehead atoms. The molecule has 0 spiro atoms. The molecule has 0 atom stereocenters. The molecular weight excluding hydrogens is 394 g/mol. The van der Waals surface area contributed by atoms with Gasteiger partial charge in [-0.25, -0.2) is 0 Å². The summed E-state index contributed by atoms with van der Waals surface area (Å²) in [6, 6.07) is 17.4. The highest BCUT2D eigenvalue weighted by Crippen LogP contribution is 2.59. The Morgan fingerprint density at radius 3 is 1.39 bits per heavy atom. The molecule has 23 heavy (non-hydrogen) atoms. The second kappa shape index (κ2) is 7.22. The quantitative estimate of drug-likeness (QED) is 0.586. The second-order valence-corrected chi connectivity index (χ2v) is 9.43. The monoisotopic (exact) mass is 400 g/mol. The summed E-state index contributed by atoms with van der Waals surface area (Å²) in [4.78, 5) is 0. The molecule has 0 amide bonds. The van der Waals surface area contributed by atoms with Crippen LogP contribution in [0.15, 0.2) is 48.5 Å². The molecule has 116 valence electrons. The molecule has 0 radical (unpaired) electrons. The van der Waals surface area contributed by atoms with Crippen LogP contribution in [-0.2, 0) is 7.33 Å². The van der Waals surface area contributed by atoms with E-state index in [0.29, 0.717) is 22.3 Å². The van der Waals surface area contributed by atoms with Crippen LogP contribution < -0.4 is 0 Å². The molecule has 0 N–H and O–H groups in total. The van der Waals surface area contributed by atoms with E-state index >= 15 is 0 Å².